The van der Waals surface area contributed by atoms with Crippen LogP contribution < -0.4 is 4.57 Å². The molecule has 1 heterocycles. The van der Waals surface area contributed by atoms with E-state index in [-0.39, 0.29) is 5.97 Å². The van der Waals surface area contributed by atoms with E-state index in [2.05, 4.69) is 64.0 Å². The standard InChI is InChI=1S/C22H26NO2/c1-25-22(24)15-5-3-2-4-10-16-23-17-18-11-6-7-12-19(18)20-13-8-9-14-21(20)23/h6-9,11-14,17H,2-5,10,15-16H2,1H3/q+1. The van der Waals surface area contributed by atoms with Crippen LogP contribution in [-0.2, 0) is 16.1 Å². The fraction of sp³-hybridized carbons (Fsp3) is 0.364. The van der Waals surface area contributed by atoms with Crippen LogP contribution in [0.1, 0.15) is 38.5 Å². The molecule has 0 spiro atoms. The smallest absolute Gasteiger partial charge is 0.305 e. The molecule has 3 rings (SSSR count). The summed E-state index contributed by atoms with van der Waals surface area (Å²) in [5, 5.41) is 3.93. The van der Waals surface area contributed by atoms with Gasteiger partial charge in [0, 0.05) is 29.7 Å². The lowest BCUT2D eigenvalue weighted by atomic mass is 10.1. The molecule has 0 fully saturated rings. The van der Waals surface area contributed by atoms with Crippen LogP contribution in [-0.4, -0.2) is 13.1 Å². The van der Waals surface area contributed by atoms with Crippen molar-refractivity contribution in [1.82, 2.24) is 0 Å². The van der Waals surface area contributed by atoms with Crippen molar-refractivity contribution in [2.45, 2.75) is 45.1 Å². The molecule has 0 saturated carbocycles. The second-order valence-corrected chi connectivity index (χ2v) is 6.52. The van der Waals surface area contributed by atoms with Crippen LogP contribution in [0.15, 0.2) is 54.7 Å². The van der Waals surface area contributed by atoms with Gasteiger partial charge < -0.3 is 4.74 Å². The van der Waals surface area contributed by atoms with Crippen molar-refractivity contribution >= 4 is 27.6 Å². The number of hydrogen-bond donors (Lipinski definition) is 0. The number of benzene rings is 2. The molecule has 0 atom stereocenters. The Kier molecular flexibility index (Phi) is 5.99. The lowest BCUT2D eigenvalue weighted by molar-refractivity contribution is -0.670. The molecule has 3 heteroatoms. The summed E-state index contributed by atoms with van der Waals surface area (Å²) in [6.07, 6.45) is 8.36. The van der Waals surface area contributed by atoms with Gasteiger partial charge in [-0.2, -0.15) is 4.57 Å². The summed E-state index contributed by atoms with van der Waals surface area (Å²) in [4.78, 5) is 11.1. The SMILES string of the molecule is COC(=O)CCCCCCC[n+]1cc2ccccc2c2ccccc21. The molecule has 0 amide bonds. The highest BCUT2D eigenvalue weighted by atomic mass is 16.5. The topological polar surface area (TPSA) is 30.2 Å². The van der Waals surface area contributed by atoms with Gasteiger partial charge in [-0.1, -0.05) is 43.2 Å². The van der Waals surface area contributed by atoms with E-state index in [1.54, 1.807) is 0 Å². The van der Waals surface area contributed by atoms with Crippen LogP contribution in [0.25, 0.3) is 21.7 Å². The minimum Gasteiger partial charge on any atom is -0.469 e. The molecule has 0 aliphatic rings. The number of para-hydroxylation sites is 1. The number of nitrogens with zero attached hydrogens (tertiary/aromatic N) is 1. The number of hydrogen-bond acceptors (Lipinski definition) is 2. The Morgan fingerprint density at radius 3 is 2.40 bits per heavy atom. The number of carbonyl (C=O) groups is 1. The molecule has 1 aromatic heterocycles. The molecule has 2 aromatic carbocycles. The Morgan fingerprint density at radius 1 is 0.880 bits per heavy atom. The van der Waals surface area contributed by atoms with E-state index in [4.69, 9.17) is 0 Å². The van der Waals surface area contributed by atoms with E-state index in [9.17, 15) is 4.79 Å². The van der Waals surface area contributed by atoms with E-state index in [0.717, 1.165) is 25.8 Å². The van der Waals surface area contributed by atoms with Crippen molar-refractivity contribution in [3.05, 3.63) is 54.7 Å². The molecule has 0 aliphatic heterocycles. The number of esters is 1. The molecule has 3 aromatic rings. The maximum absolute atomic E-state index is 11.1. The highest BCUT2D eigenvalue weighted by Crippen LogP contribution is 2.22. The number of aryl methyl sites for hydroxylation is 1. The van der Waals surface area contributed by atoms with Crippen molar-refractivity contribution in [2.24, 2.45) is 0 Å². The summed E-state index contributed by atoms with van der Waals surface area (Å²) in [5.41, 5.74) is 1.30. The van der Waals surface area contributed by atoms with Crippen LogP contribution in [0, 0.1) is 0 Å². The third kappa shape index (κ3) is 4.36. The normalized spacial score (nSPS) is 11.1. The van der Waals surface area contributed by atoms with Gasteiger partial charge >= 0.3 is 5.97 Å². The van der Waals surface area contributed by atoms with Crippen molar-refractivity contribution < 1.29 is 14.1 Å². The quantitative estimate of drug-likeness (QED) is 0.256. The van der Waals surface area contributed by atoms with E-state index in [1.807, 2.05) is 0 Å². The third-order valence-electron chi connectivity index (χ3n) is 4.77. The summed E-state index contributed by atoms with van der Waals surface area (Å²) in [6, 6.07) is 17.2. The van der Waals surface area contributed by atoms with Crippen molar-refractivity contribution in [2.75, 3.05) is 7.11 Å². The summed E-state index contributed by atoms with van der Waals surface area (Å²) in [5.74, 6) is -0.0989. The van der Waals surface area contributed by atoms with Gasteiger partial charge in [-0.25, -0.2) is 0 Å². The number of fused-ring (bicyclic) bond motifs is 3. The second-order valence-electron chi connectivity index (χ2n) is 6.52. The van der Waals surface area contributed by atoms with Gasteiger partial charge in [0.25, 0.3) is 0 Å². The summed E-state index contributed by atoms with van der Waals surface area (Å²) < 4.78 is 7.05. The zero-order valence-corrected chi connectivity index (χ0v) is 14.9. The second kappa shape index (κ2) is 8.61. The summed E-state index contributed by atoms with van der Waals surface area (Å²) in [6.45, 7) is 1.03. The first kappa shape index (κ1) is 17.4. The van der Waals surface area contributed by atoms with E-state index < -0.39 is 0 Å². The Bertz CT molecular complexity index is 857. The van der Waals surface area contributed by atoms with E-state index in [1.165, 1.54) is 41.6 Å². The van der Waals surface area contributed by atoms with Gasteiger partial charge in [0.1, 0.15) is 6.54 Å². The molecule has 0 saturated heterocycles. The van der Waals surface area contributed by atoms with Crippen molar-refractivity contribution in [3.8, 4) is 0 Å². The van der Waals surface area contributed by atoms with E-state index in [0.29, 0.717) is 6.42 Å². The van der Waals surface area contributed by atoms with Crippen LogP contribution >= 0.6 is 0 Å². The molecular weight excluding hydrogens is 310 g/mol. The van der Waals surface area contributed by atoms with Crippen LogP contribution in [0.3, 0.4) is 0 Å². The Hall–Kier alpha value is -2.42. The molecular formula is C22H26NO2+. The van der Waals surface area contributed by atoms with Gasteiger partial charge in [0.05, 0.1) is 12.5 Å². The van der Waals surface area contributed by atoms with Gasteiger partial charge in [0.2, 0.25) is 5.52 Å². The first-order chi connectivity index (χ1) is 12.3. The highest BCUT2D eigenvalue weighted by molar-refractivity contribution is 6.03. The van der Waals surface area contributed by atoms with Crippen LogP contribution in [0.5, 0.6) is 0 Å². The summed E-state index contributed by atoms with van der Waals surface area (Å²) >= 11 is 0. The zero-order valence-electron chi connectivity index (χ0n) is 14.9. The maximum atomic E-state index is 11.1. The Labute approximate surface area is 149 Å². The number of aromatic nitrogens is 1. The lowest BCUT2D eigenvalue weighted by Crippen LogP contribution is -2.34. The number of carbonyl (C=O) groups excluding carboxylic acids is 1. The Balaban J connectivity index is 1.60. The van der Waals surface area contributed by atoms with Crippen molar-refractivity contribution in [3.63, 3.8) is 0 Å². The first-order valence-electron chi connectivity index (χ1n) is 9.16. The lowest BCUT2D eigenvalue weighted by Gasteiger charge is -2.06. The molecule has 0 bridgehead atoms. The molecule has 0 N–H and O–H groups in total. The largest absolute Gasteiger partial charge is 0.469 e. The summed E-state index contributed by atoms with van der Waals surface area (Å²) in [7, 11) is 1.45. The number of unbranched alkanes of at least 4 members (excludes halogenated alkanes) is 4. The van der Waals surface area contributed by atoms with Crippen LogP contribution in [0.2, 0.25) is 0 Å². The van der Waals surface area contributed by atoms with Crippen LogP contribution in [0.4, 0.5) is 0 Å². The molecule has 130 valence electrons. The number of pyridine rings is 1. The molecule has 3 nitrogen and oxygen atoms in total. The molecule has 0 radical (unpaired) electrons. The minimum atomic E-state index is -0.0989. The maximum Gasteiger partial charge on any atom is 0.305 e. The predicted octanol–water partition coefficient (Wildman–Crippen LogP) is 4.79. The number of methoxy groups -OCH3 is 1. The Morgan fingerprint density at radius 2 is 1.56 bits per heavy atom. The average Bonchev–Trinajstić information content (AvgIpc) is 2.67. The fourth-order valence-corrected chi connectivity index (χ4v) is 3.41. The zero-order chi connectivity index (χ0) is 17.5. The molecule has 25 heavy (non-hydrogen) atoms. The average molecular weight is 336 g/mol. The van der Waals surface area contributed by atoms with E-state index >= 15 is 0 Å². The molecule has 0 aliphatic carbocycles. The fourth-order valence-electron chi connectivity index (χ4n) is 3.41. The van der Waals surface area contributed by atoms with Crippen molar-refractivity contribution in [1.29, 1.82) is 0 Å². The monoisotopic (exact) mass is 336 g/mol. The van der Waals surface area contributed by atoms with Gasteiger partial charge in [-0.3, -0.25) is 4.79 Å². The number of ether oxygens (including phenoxy) is 1. The van der Waals surface area contributed by atoms with Gasteiger partial charge in [-0.15, -0.1) is 0 Å². The minimum absolute atomic E-state index is 0.0989. The van der Waals surface area contributed by atoms with Gasteiger partial charge in [0.15, 0.2) is 6.20 Å². The molecule has 0 unspecified atom stereocenters. The first-order valence-corrected chi connectivity index (χ1v) is 9.16. The third-order valence-corrected chi connectivity index (χ3v) is 4.77. The number of rotatable bonds is 8. The predicted molar refractivity (Wildman–Crippen MR) is 101 cm³/mol. The highest BCUT2D eigenvalue weighted by Gasteiger charge is 2.12. The van der Waals surface area contributed by atoms with Gasteiger partial charge in [-0.05, 0) is 25.0 Å².